The molecule has 1 N–H and O–H groups in total. The van der Waals surface area contributed by atoms with E-state index in [-0.39, 0.29) is 5.82 Å². The van der Waals surface area contributed by atoms with E-state index in [1.807, 2.05) is 13.1 Å². The van der Waals surface area contributed by atoms with E-state index in [9.17, 15) is 4.39 Å². The van der Waals surface area contributed by atoms with Crippen LogP contribution in [-0.4, -0.2) is 44.7 Å². The molecule has 1 heterocycles. The van der Waals surface area contributed by atoms with E-state index >= 15 is 0 Å². The first kappa shape index (κ1) is 13.3. The SMILES string of the molecule is CCN1CCN(c2cccc(F)c2CNC)CC1. The molecule has 0 saturated carbocycles. The molecule has 0 radical (unpaired) electrons. The Morgan fingerprint density at radius 2 is 1.94 bits per heavy atom. The summed E-state index contributed by atoms with van der Waals surface area (Å²) in [6.07, 6.45) is 0. The van der Waals surface area contributed by atoms with Crippen LogP contribution in [0.4, 0.5) is 10.1 Å². The number of nitrogens with one attached hydrogen (secondary N) is 1. The van der Waals surface area contributed by atoms with Crippen molar-refractivity contribution in [2.45, 2.75) is 13.5 Å². The predicted molar refractivity (Wildman–Crippen MR) is 73.5 cm³/mol. The highest BCUT2D eigenvalue weighted by atomic mass is 19.1. The molecule has 100 valence electrons. The quantitative estimate of drug-likeness (QED) is 0.878. The van der Waals surface area contributed by atoms with Crippen molar-refractivity contribution in [1.29, 1.82) is 0 Å². The lowest BCUT2D eigenvalue weighted by molar-refractivity contribution is 0.271. The molecule has 0 unspecified atom stereocenters. The number of nitrogens with zero attached hydrogens (tertiary/aromatic N) is 2. The van der Waals surface area contributed by atoms with Gasteiger partial charge in [0.1, 0.15) is 5.82 Å². The van der Waals surface area contributed by atoms with E-state index in [1.165, 1.54) is 0 Å². The maximum Gasteiger partial charge on any atom is 0.129 e. The van der Waals surface area contributed by atoms with Gasteiger partial charge in [0, 0.05) is 44.0 Å². The number of piperazine rings is 1. The first-order chi connectivity index (χ1) is 8.76. The molecule has 4 heteroatoms. The molecule has 1 fully saturated rings. The Labute approximate surface area is 109 Å². The minimum Gasteiger partial charge on any atom is -0.369 e. The minimum atomic E-state index is -0.111. The summed E-state index contributed by atoms with van der Waals surface area (Å²) in [4.78, 5) is 4.72. The van der Waals surface area contributed by atoms with Gasteiger partial charge >= 0.3 is 0 Å². The fraction of sp³-hybridized carbons (Fsp3) is 0.571. The molecule has 1 aromatic carbocycles. The van der Waals surface area contributed by atoms with Crippen LogP contribution in [0.1, 0.15) is 12.5 Å². The van der Waals surface area contributed by atoms with Gasteiger partial charge in [0.2, 0.25) is 0 Å². The number of halogens is 1. The number of benzene rings is 1. The van der Waals surface area contributed by atoms with Gasteiger partial charge in [-0.25, -0.2) is 4.39 Å². The molecule has 1 saturated heterocycles. The Balaban J connectivity index is 2.15. The summed E-state index contributed by atoms with van der Waals surface area (Å²) in [5.74, 6) is -0.111. The van der Waals surface area contributed by atoms with Crippen molar-refractivity contribution < 1.29 is 4.39 Å². The van der Waals surface area contributed by atoms with Crippen LogP contribution in [0.2, 0.25) is 0 Å². The molecule has 2 rings (SSSR count). The highest BCUT2D eigenvalue weighted by molar-refractivity contribution is 5.54. The van der Waals surface area contributed by atoms with Crippen LogP contribution in [0.5, 0.6) is 0 Å². The number of likely N-dealkylation sites (N-methyl/N-ethyl adjacent to an activating group) is 1. The third-order valence-electron chi connectivity index (χ3n) is 3.61. The van der Waals surface area contributed by atoms with Gasteiger partial charge in [-0.05, 0) is 25.7 Å². The van der Waals surface area contributed by atoms with Gasteiger partial charge in [-0.2, -0.15) is 0 Å². The number of anilines is 1. The van der Waals surface area contributed by atoms with Crippen LogP contribution < -0.4 is 10.2 Å². The van der Waals surface area contributed by atoms with Crippen LogP contribution in [0.15, 0.2) is 18.2 Å². The Bertz CT molecular complexity index is 387. The number of hydrogen-bond donors (Lipinski definition) is 1. The van der Waals surface area contributed by atoms with Crippen LogP contribution in [0.25, 0.3) is 0 Å². The van der Waals surface area contributed by atoms with E-state index in [0.29, 0.717) is 6.54 Å². The van der Waals surface area contributed by atoms with Crippen molar-refractivity contribution >= 4 is 5.69 Å². The van der Waals surface area contributed by atoms with Crippen molar-refractivity contribution in [3.05, 3.63) is 29.6 Å². The fourth-order valence-electron chi connectivity index (χ4n) is 2.50. The second-order valence-electron chi connectivity index (χ2n) is 4.69. The van der Waals surface area contributed by atoms with Gasteiger partial charge in [-0.1, -0.05) is 13.0 Å². The second kappa shape index (κ2) is 6.16. The zero-order valence-corrected chi connectivity index (χ0v) is 11.2. The van der Waals surface area contributed by atoms with Crippen LogP contribution in [0.3, 0.4) is 0 Å². The van der Waals surface area contributed by atoms with Gasteiger partial charge in [0.15, 0.2) is 0 Å². The third-order valence-corrected chi connectivity index (χ3v) is 3.61. The normalized spacial score (nSPS) is 17.2. The van der Waals surface area contributed by atoms with E-state index in [2.05, 4.69) is 22.0 Å². The van der Waals surface area contributed by atoms with Crippen molar-refractivity contribution in [1.82, 2.24) is 10.2 Å². The van der Waals surface area contributed by atoms with Crippen molar-refractivity contribution in [3.63, 3.8) is 0 Å². The molecule has 3 nitrogen and oxygen atoms in total. The number of hydrogen-bond acceptors (Lipinski definition) is 3. The molecule has 0 bridgehead atoms. The third kappa shape index (κ3) is 2.82. The lowest BCUT2D eigenvalue weighted by atomic mass is 10.1. The van der Waals surface area contributed by atoms with E-state index < -0.39 is 0 Å². The molecule has 1 aliphatic heterocycles. The van der Waals surface area contributed by atoms with Gasteiger partial charge in [-0.15, -0.1) is 0 Å². The molecule has 0 atom stereocenters. The average molecular weight is 251 g/mol. The van der Waals surface area contributed by atoms with Crippen molar-refractivity contribution in [3.8, 4) is 0 Å². The van der Waals surface area contributed by atoms with Crippen LogP contribution >= 0.6 is 0 Å². The smallest absolute Gasteiger partial charge is 0.129 e. The van der Waals surface area contributed by atoms with E-state index in [0.717, 1.165) is 44.0 Å². The highest BCUT2D eigenvalue weighted by Gasteiger charge is 2.19. The zero-order chi connectivity index (χ0) is 13.0. The zero-order valence-electron chi connectivity index (χ0n) is 11.2. The first-order valence-electron chi connectivity index (χ1n) is 6.65. The molecule has 0 aliphatic carbocycles. The van der Waals surface area contributed by atoms with E-state index in [1.54, 1.807) is 12.1 Å². The summed E-state index contributed by atoms with van der Waals surface area (Å²) < 4.78 is 13.9. The summed E-state index contributed by atoms with van der Waals surface area (Å²) in [6, 6.07) is 5.37. The lowest BCUT2D eigenvalue weighted by Crippen LogP contribution is -2.46. The summed E-state index contributed by atoms with van der Waals surface area (Å²) in [5.41, 5.74) is 1.82. The Morgan fingerprint density at radius 3 is 2.56 bits per heavy atom. The molecule has 1 aliphatic rings. The standard InChI is InChI=1S/C14H22FN3/c1-3-17-7-9-18(10-8-17)14-6-4-5-13(15)12(14)11-16-2/h4-6,16H,3,7-11H2,1-2H3. The van der Waals surface area contributed by atoms with Gasteiger partial charge in [0.05, 0.1) is 0 Å². The molecule has 0 spiro atoms. The topological polar surface area (TPSA) is 18.5 Å². The van der Waals surface area contributed by atoms with Gasteiger partial charge in [-0.3, -0.25) is 0 Å². The molecule has 18 heavy (non-hydrogen) atoms. The van der Waals surface area contributed by atoms with Gasteiger partial charge in [0.25, 0.3) is 0 Å². The summed E-state index contributed by atoms with van der Waals surface area (Å²) in [5, 5.41) is 3.05. The summed E-state index contributed by atoms with van der Waals surface area (Å²) >= 11 is 0. The molecule has 1 aromatic rings. The second-order valence-corrected chi connectivity index (χ2v) is 4.69. The molecule has 0 amide bonds. The Hall–Kier alpha value is -1.13. The van der Waals surface area contributed by atoms with Crippen molar-refractivity contribution in [2.24, 2.45) is 0 Å². The largest absolute Gasteiger partial charge is 0.369 e. The molecular formula is C14H22FN3. The van der Waals surface area contributed by atoms with Crippen LogP contribution in [-0.2, 0) is 6.54 Å². The summed E-state index contributed by atoms with van der Waals surface area (Å²) in [6.45, 7) is 7.95. The maximum absolute atomic E-state index is 13.9. The fourth-order valence-corrected chi connectivity index (χ4v) is 2.50. The number of rotatable bonds is 4. The predicted octanol–water partition coefficient (Wildman–Crippen LogP) is 1.69. The van der Waals surface area contributed by atoms with Gasteiger partial charge < -0.3 is 15.1 Å². The monoisotopic (exact) mass is 251 g/mol. The highest BCUT2D eigenvalue weighted by Crippen LogP contribution is 2.24. The Kier molecular flexibility index (Phi) is 4.55. The first-order valence-corrected chi connectivity index (χ1v) is 6.65. The minimum absolute atomic E-state index is 0.111. The average Bonchev–Trinajstić information content (AvgIpc) is 2.41. The lowest BCUT2D eigenvalue weighted by Gasteiger charge is -2.36. The van der Waals surface area contributed by atoms with E-state index in [4.69, 9.17) is 0 Å². The summed E-state index contributed by atoms with van der Waals surface area (Å²) in [7, 11) is 1.85. The van der Waals surface area contributed by atoms with Crippen LogP contribution in [0, 0.1) is 5.82 Å². The maximum atomic E-state index is 13.9. The Morgan fingerprint density at radius 1 is 1.22 bits per heavy atom. The molecular weight excluding hydrogens is 229 g/mol. The van der Waals surface area contributed by atoms with Crippen molar-refractivity contribution in [2.75, 3.05) is 44.7 Å². The molecule has 0 aromatic heterocycles.